The normalized spacial score (nSPS) is 25.0. The van der Waals surface area contributed by atoms with E-state index in [-0.39, 0.29) is 75.5 Å². The molecular formula is C74H106N10O15S2. The second-order valence-electron chi connectivity index (χ2n) is 27.0. The monoisotopic (exact) mass is 1440 g/mol. The molecule has 1 unspecified atom stereocenters. The second-order valence-corrected chi connectivity index (χ2v) is 29.1. The lowest BCUT2D eigenvalue weighted by molar-refractivity contribution is -0.147. The highest BCUT2D eigenvalue weighted by Gasteiger charge is 2.49. The van der Waals surface area contributed by atoms with Gasteiger partial charge in [-0.3, -0.25) is 48.1 Å². The number of amides is 9. The van der Waals surface area contributed by atoms with Gasteiger partial charge >= 0.3 is 0 Å². The number of aliphatic hydroxyl groups excluding tert-OH is 1. The number of carbonyl (C=O) groups is 9. The van der Waals surface area contributed by atoms with Gasteiger partial charge in [0.05, 0.1) is 45.6 Å². The number of methoxy groups -OCH3 is 5. The molecule has 12 atom stereocenters. The van der Waals surface area contributed by atoms with Crippen molar-refractivity contribution in [2.45, 2.75) is 190 Å². The molecule has 0 saturated carbocycles. The minimum absolute atomic E-state index is 0.0162. The third-order valence-electron chi connectivity index (χ3n) is 18.5. The largest absolute Gasteiger partial charge is 0.497 e. The van der Waals surface area contributed by atoms with Crippen molar-refractivity contribution in [2.75, 3.05) is 60.6 Å². The van der Waals surface area contributed by atoms with Crippen LogP contribution in [0.25, 0.3) is 0 Å². The molecule has 2 aliphatic rings. The number of hydrogen-bond acceptors (Lipinski definition) is 18. The number of nitrogens with two attached hydrogens (primary N) is 1. The summed E-state index contributed by atoms with van der Waals surface area (Å²) in [7, 11) is 8.88. The Morgan fingerprint density at radius 3 is 1.64 bits per heavy atom. The Bertz CT molecular complexity index is 3390. The van der Waals surface area contributed by atoms with Gasteiger partial charge < -0.3 is 76.6 Å². The lowest BCUT2D eigenvalue weighted by Crippen LogP contribution is -2.64. The van der Waals surface area contributed by atoms with Crippen molar-refractivity contribution in [3.8, 4) is 17.2 Å². The lowest BCUT2D eigenvalue weighted by Gasteiger charge is -2.38. The molecule has 4 aromatic carbocycles. The van der Waals surface area contributed by atoms with Crippen molar-refractivity contribution < 1.29 is 71.9 Å². The zero-order chi connectivity index (χ0) is 74.1. The van der Waals surface area contributed by atoms with Gasteiger partial charge in [0.15, 0.2) is 0 Å². The molecule has 1 saturated heterocycles. The van der Waals surface area contributed by atoms with E-state index < -0.39 is 125 Å². The maximum Gasteiger partial charge on any atom is 0.246 e. The van der Waals surface area contributed by atoms with Gasteiger partial charge in [-0.25, -0.2) is 0 Å². The van der Waals surface area contributed by atoms with E-state index in [4.69, 9.17) is 29.4 Å². The second kappa shape index (κ2) is 40.0. The molecule has 2 bridgehead atoms. The number of carbonyl (C=O) groups excluding carboxylic acids is 9. The molecule has 0 radical (unpaired) electrons. The third-order valence-corrected chi connectivity index (χ3v) is 20.6. The van der Waals surface area contributed by atoms with Crippen LogP contribution in [0.4, 0.5) is 0 Å². The minimum Gasteiger partial charge on any atom is -0.497 e. The van der Waals surface area contributed by atoms with E-state index in [9.17, 15) is 29.1 Å². The van der Waals surface area contributed by atoms with Crippen LogP contribution < -0.4 is 57.2 Å². The number of ether oxygens (including phenoxy) is 5. The van der Waals surface area contributed by atoms with Crippen LogP contribution in [0.3, 0.4) is 0 Å². The van der Waals surface area contributed by atoms with Crippen LogP contribution in [-0.4, -0.2) is 201 Å². The lowest BCUT2D eigenvalue weighted by atomic mass is 9.95. The highest BCUT2D eigenvalue weighted by molar-refractivity contribution is 7.98. The predicted octanol–water partition coefficient (Wildman–Crippen LogP) is 4.74. The quantitative estimate of drug-likeness (QED) is 0.0612. The van der Waals surface area contributed by atoms with E-state index in [0.717, 1.165) is 16.7 Å². The molecule has 0 aromatic heterocycles. The van der Waals surface area contributed by atoms with Gasteiger partial charge in [-0.2, -0.15) is 23.5 Å². The number of likely N-dealkylation sites (N-methyl/N-ethyl adjacent to an activating group) is 1. The summed E-state index contributed by atoms with van der Waals surface area (Å²) in [6, 6.07) is 18.9. The molecule has 0 spiro atoms. The van der Waals surface area contributed by atoms with Gasteiger partial charge in [0.2, 0.25) is 53.2 Å². The number of benzene rings is 4. The molecule has 25 nitrogen and oxygen atoms in total. The fourth-order valence-corrected chi connectivity index (χ4v) is 14.1. The summed E-state index contributed by atoms with van der Waals surface area (Å²) in [6.07, 6.45) is -2.38. The number of primary amides is 1. The van der Waals surface area contributed by atoms with Gasteiger partial charge in [0.1, 0.15) is 65.3 Å². The smallest absolute Gasteiger partial charge is 0.246 e. The standard InChI is InChI=1S/C74H106N10O15S2/c1-44(2)36-57-67(88)76-56(31-24-48-18-25-53(97-11)26-19-48)66(87)78-58(39-49-20-27-54(98-12)28-21-49)71(92)83(8)61(37-45(3)4)68(89)82-64(47(6)96-10)70(91)79-59(40-50-22-29-55(99-13)30-23-50)72(93)84-34-15-33-74(84,7)73(94)80-60(65(75)86)43-101-42-52-17-14-16-51(38-52)41-100-35-32-62(85)81-63(46(5)95-9)69(90)77-57/h14,16-23,25-30,38,44-47,56-61,63-64,71,92H,15,24,31-37,39-43H2,1-13H3,(H2,75,86)(H,76,88)(H,77,90)(H,78,87)(H,79,91)(H,80,94)(H,81,85)(H,82,89)/t46-,47-,56+,57-,58+,59+,60+,61+,63+,64+,71?,74+/m1/s1. The van der Waals surface area contributed by atoms with Crippen molar-refractivity contribution in [3.63, 3.8) is 0 Å². The highest BCUT2D eigenvalue weighted by atomic mass is 32.2. The average molecular weight is 1440 g/mol. The Kier molecular flexibility index (Phi) is 32.5. The zero-order valence-electron chi connectivity index (χ0n) is 60.6. The summed E-state index contributed by atoms with van der Waals surface area (Å²) in [5.74, 6) is -3.20. The van der Waals surface area contributed by atoms with E-state index in [1.54, 1.807) is 88.5 Å². The number of nitrogens with one attached hydrogen (secondary N) is 7. The summed E-state index contributed by atoms with van der Waals surface area (Å²) < 4.78 is 27.7. The molecule has 0 aliphatic carbocycles. The fraction of sp³-hybridized carbons (Fsp3) is 0.554. The minimum atomic E-state index is -1.65. The summed E-state index contributed by atoms with van der Waals surface area (Å²) in [5, 5.41) is 33.2. The average Bonchev–Trinajstić information content (AvgIpc) is 1.68. The molecule has 554 valence electrons. The van der Waals surface area contributed by atoms with Crippen molar-refractivity contribution in [2.24, 2.45) is 17.6 Å². The van der Waals surface area contributed by atoms with Crippen LogP contribution >= 0.6 is 23.5 Å². The molecule has 10 N–H and O–H groups in total. The molecule has 101 heavy (non-hydrogen) atoms. The van der Waals surface area contributed by atoms with E-state index in [1.807, 2.05) is 64.1 Å². The SMILES string of the molecule is COc1ccc(CC[C@@H]2NC(=O)[C@@H](CC(C)C)NC(=O)[C@H]([C@@H](C)OC)NC(=O)CCSCc3cccc(c3)CSC[C@@H](C(N)=O)NC(=O)[C@]3(C)CCCN3C(=O)[C@H](Cc3ccc(OC)cc3)NC(=O)[C@H]([C@@H](C)OC)NC(=O)[C@H](CC(C)C)N(C)C(O)[C@H](Cc3ccc(OC)cc3)NC2=O)cc1. The van der Waals surface area contributed by atoms with Crippen molar-refractivity contribution in [1.82, 2.24) is 47.0 Å². The Balaban J connectivity index is 1.42. The first-order valence-corrected chi connectivity index (χ1v) is 36.7. The number of rotatable bonds is 19. The van der Waals surface area contributed by atoms with Crippen LogP contribution in [0.1, 0.15) is 115 Å². The van der Waals surface area contributed by atoms with E-state index >= 15 is 19.2 Å². The summed E-state index contributed by atoms with van der Waals surface area (Å²) in [4.78, 5) is 135. The van der Waals surface area contributed by atoms with Crippen LogP contribution in [0.5, 0.6) is 17.2 Å². The summed E-state index contributed by atoms with van der Waals surface area (Å²) in [5.41, 5.74) is 8.43. The number of thioether (sulfide) groups is 2. The highest BCUT2D eigenvalue weighted by Crippen LogP contribution is 2.32. The van der Waals surface area contributed by atoms with Crippen molar-refractivity contribution in [3.05, 3.63) is 125 Å². The van der Waals surface area contributed by atoms with Gasteiger partial charge in [0.25, 0.3) is 0 Å². The fourth-order valence-electron chi connectivity index (χ4n) is 12.2. The molecule has 6 rings (SSSR count). The summed E-state index contributed by atoms with van der Waals surface area (Å²) >= 11 is 2.89. The van der Waals surface area contributed by atoms with Gasteiger partial charge in [-0.15, -0.1) is 0 Å². The summed E-state index contributed by atoms with van der Waals surface area (Å²) in [6.45, 7) is 12.5. The van der Waals surface area contributed by atoms with Crippen LogP contribution in [0.15, 0.2) is 97.1 Å². The Hall–Kier alpha value is -7.95. The Labute approximate surface area is 603 Å². The molecular weight excluding hydrogens is 1330 g/mol. The van der Waals surface area contributed by atoms with E-state index in [2.05, 4.69) is 37.2 Å². The molecule has 27 heteroatoms. The van der Waals surface area contributed by atoms with Crippen molar-refractivity contribution >= 4 is 76.7 Å². The first kappa shape index (κ1) is 82.0. The molecule has 1 fully saturated rings. The van der Waals surface area contributed by atoms with Gasteiger partial charge in [-0.05, 0) is 149 Å². The number of aryl methyl sites for hydroxylation is 1. The van der Waals surface area contributed by atoms with Crippen LogP contribution in [0, 0.1) is 11.8 Å². The molecule has 9 amide bonds. The van der Waals surface area contributed by atoms with E-state index in [1.165, 1.54) is 68.8 Å². The first-order valence-electron chi connectivity index (χ1n) is 34.4. The number of aliphatic hydroxyl groups is 1. The van der Waals surface area contributed by atoms with Crippen LogP contribution in [-0.2, 0) is 83.4 Å². The van der Waals surface area contributed by atoms with Crippen molar-refractivity contribution in [1.29, 1.82) is 0 Å². The molecule has 2 heterocycles. The third kappa shape index (κ3) is 24.4. The zero-order valence-corrected chi connectivity index (χ0v) is 62.2. The Morgan fingerprint density at radius 2 is 1.11 bits per heavy atom. The number of fused-ring (bicyclic) bond motifs is 3. The topological polar surface area (TPSA) is 337 Å². The van der Waals surface area contributed by atoms with Gasteiger partial charge in [-0.1, -0.05) is 88.4 Å². The molecule has 2 aliphatic heterocycles. The first-order chi connectivity index (χ1) is 48.1. The van der Waals surface area contributed by atoms with Crippen LogP contribution in [0.2, 0.25) is 0 Å². The maximum absolute atomic E-state index is 15.3. The molecule has 4 aromatic rings. The number of hydrogen-bond donors (Lipinski definition) is 9. The number of nitrogens with zero attached hydrogens (tertiary/aromatic N) is 2. The van der Waals surface area contributed by atoms with E-state index in [0.29, 0.717) is 52.1 Å². The predicted molar refractivity (Wildman–Crippen MR) is 390 cm³/mol. The van der Waals surface area contributed by atoms with Gasteiger partial charge in [0, 0.05) is 56.6 Å². The maximum atomic E-state index is 15.3. The Morgan fingerprint density at radius 1 is 0.604 bits per heavy atom.